The zero-order chi connectivity index (χ0) is 6.41. The second kappa shape index (κ2) is 5.39. The van der Waals surface area contributed by atoms with E-state index < -0.39 is 6.19 Å². The highest BCUT2D eigenvalue weighted by molar-refractivity contribution is 7.94. The molecule has 47 valence electrons. The maximum atomic E-state index is 8.32. The zero-order valence-corrected chi connectivity index (χ0v) is 5.09. The molecule has 1 atom stereocenters. The topological polar surface area (TPSA) is 58.9 Å². The molecular weight excluding hydrogens is 131 g/mol. The SMILES string of the molecule is CSO[B]C(O)OO. The van der Waals surface area contributed by atoms with Gasteiger partial charge in [0.05, 0.1) is 0 Å². The summed E-state index contributed by atoms with van der Waals surface area (Å²) in [6, 6.07) is 0. The Bertz CT molecular complexity index is 53.3. The Labute approximate surface area is 52.2 Å². The molecule has 0 aliphatic carbocycles. The maximum Gasteiger partial charge on any atom is 0.384 e. The van der Waals surface area contributed by atoms with Gasteiger partial charge in [0, 0.05) is 6.26 Å². The highest BCUT2D eigenvalue weighted by Crippen LogP contribution is 1.93. The Morgan fingerprint density at radius 1 is 1.75 bits per heavy atom. The van der Waals surface area contributed by atoms with Crippen LogP contribution in [0, 0.1) is 0 Å². The van der Waals surface area contributed by atoms with Gasteiger partial charge in [-0.3, -0.25) is 0 Å². The maximum absolute atomic E-state index is 8.32. The number of aliphatic hydroxyl groups is 1. The number of aliphatic hydroxyl groups excluding tert-OH is 1. The molecule has 0 amide bonds. The predicted octanol–water partition coefficient (Wildman–Crippen LogP) is -0.334. The molecule has 0 fully saturated rings. The van der Waals surface area contributed by atoms with Gasteiger partial charge in [0.2, 0.25) is 0 Å². The van der Waals surface area contributed by atoms with Crippen LogP contribution in [0.3, 0.4) is 0 Å². The fraction of sp³-hybridized carbons (Fsp3) is 1.00. The Balaban J connectivity index is 2.86. The van der Waals surface area contributed by atoms with E-state index >= 15 is 0 Å². The second-order valence-corrected chi connectivity index (χ2v) is 1.42. The van der Waals surface area contributed by atoms with E-state index in [1.165, 1.54) is 0 Å². The van der Waals surface area contributed by atoms with Crippen LogP contribution in [0.15, 0.2) is 0 Å². The fourth-order valence-corrected chi connectivity index (χ4v) is 0.334. The molecule has 0 bridgehead atoms. The average Bonchev–Trinajstić information content (AvgIpc) is 1.83. The van der Waals surface area contributed by atoms with Gasteiger partial charge in [-0.25, -0.2) is 10.1 Å². The van der Waals surface area contributed by atoms with Crippen LogP contribution >= 0.6 is 12.0 Å². The van der Waals surface area contributed by atoms with Crippen LogP contribution in [0.5, 0.6) is 0 Å². The molecule has 1 radical (unpaired) electrons. The highest BCUT2D eigenvalue weighted by Gasteiger charge is 2.05. The van der Waals surface area contributed by atoms with Crippen LogP contribution in [0.25, 0.3) is 0 Å². The Kier molecular flexibility index (Phi) is 5.56. The van der Waals surface area contributed by atoms with Gasteiger partial charge < -0.3 is 9.21 Å². The van der Waals surface area contributed by atoms with Gasteiger partial charge in [0.1, 0.15) is 0 Å². The molecule has 0 aromatic carbocycles. The summed E-state index contributed by atoms with van der Waals surface area (Å²) in [6.45, 7) is 0. The Morgan fingerprint density at radius 3 is 2.75 bits per heavy atom. The largest absolute Gasteiger partial charge is 0.384 e. The van der Waals surface area contributed by atoms with Crippen molar-refractivity contribution in [3.8, 4) is 0 Å². The van der Waals surface area contributed by atoms with Crippen LogP contribution in [-0.4, -0.2) is 30.3 Å². The van der Waals surface area contributed by atoms with Crippen molar-refractivity contribution < 1.29 is 19.4 Å². The Hall–Kier alpha value is 0.255. The first-order valence-corrected chi connectivity index (χ1v) is 2.97. The lowest BCUT2D eigenvalue weighted by Gasteiger charge is -2.00. The molecule has 0 rings (SSSR count). The minimum atomic E-state index is -1.36. The summed E-state index contributed by atoms with van der Waals surface area (Å²) in [5.41, 5.74) is 0. The van der Waals surface area contributed by atoms with Gasteiger partial charge in [0.15, 0.2) is 6.19 Å². The molecule has 6 heteroatoms. The van der Waals surface area contributed by atoms with E-state index in [2.05, 4.69) is 8.99 Å². The molecule has 0 aromatic rings. The summed E-state index contributed by atoms with van der Waals surface area (Å²) in [5, 5.41) is 16.0. The summed E-state index contributed by atoms with van der Waals surface area (Å²) in [6.07, 6.45) is 0.308. The monoisotopic (exact) mass is 137 g/mol. The minimum Gasteiger partial charge on any atom is -0.375 e. The fourth-order valence-electron chi connectivity index (χ4n) is 0.128. The quantitative estimate of drug-likeness (QED) is 0.182. The summed E-state index contributed by atoms with van der Waals surface area (Å²) >= 11 is 1.04. The third kappa shape index (κ3) is 4.41. The van der Waals surface area contributed by atoms with Crippen molar-refractivity contribution in [2.75, 3.05) is 6.26 Å². The van der Waals surface area contributed by atoms with Crippen molar-refractivity contribution in [1.82, 2.24) is 0 Å². The summed E-state index contributed by atoms with van der Waals surface area (Å²) in [5.74, 6) is 0. The molecule has 8 heavy (non-hydrogen) atoms. The molecule has 2 N–H and O–H groups in total. The van der Waals surface area contributed by atoms with Crippen molar-refractivity contribution in [3.05, 3.63) is 0 Å². The van der Waals surface area contributed by atoms with Crippen LogP contribution in [0.1, 0.15) is 0 Å². The molecule has 0 aliphatic rings. The van der Waals surface area contributed by atoms with Gasteiger partial charge in [0.25, 0.3) is 0 Å². The van der Waals surface area contributed by atoms with E-state index in [9.17, 15) is 0 Å². The van der Waals surface area contributed by atoms with Crippen molar-refractivity contribution in [2.45, 2.75) is 6.19 Å². The van der Waals surface area contributed by atoms with E-state index in [4.69, 9.17) is 10.4 Å². The van der Waals surface area contributed by atoms with Crippen LogP contribution in [0.2, 0.25) is 0 Å². The van der Waals surface area contributed by atoms with Crippen molar-refractivity contribution in [1.29, 1.82) is 0 Å². The number of rotatable bonds is 4. The lowest BCUT2D eigenvalue weighted by molar-refractivity contribution is -0.307. The molecule has 0 aliphatic heterocycles. The molecule has 0 saturated heterocycles. The molecule has 0 spiro atoms. The smallest absolute Gasteiger partial charge is 0.375 e. The van der Waals surface area contributed by atoms with Gasteiger partial charge in [-0.1, -0.05) is 0 Å². The van der Waals surface area contributed by atoms with Crippen molar-refractivity contribution >= 4 is 19.5 Å². The van der Waals surface area contributed by atoms with Crippen molar-refractivity contribution in [2.24, 2.45) is 0 Å². The van der Waals surface area contributed by atoms with Crippen LogP contribution in [-0.2, 0) is 8.99 Å². The molecule has 1 unspecified atom stereocenters. The van der Waals surface area contributed by atoms with E-state index in [1.807, 2.05) is 0 Å². The first-order valence-electron chi connectivity index (χ1n) is 1.82. The molecule has 0 aromatic heterocycles. The number of hydrogen-bond donors (Lipinski definition) is 2. The van der Waals surface area contributed by atoms with Crippen LogP contribution in [0.4, 0.5) is 0 Å². The lowest BCUT2D eigenvalue weighted by Crippen LogP contribution is -2.18. The van der Waals surface area contributed by atoms with Gasteiger partial charge in [-0.05, 0) is 12.0 Å². The first kappa shape index (κ1) is 8.25. The predicted molar refractivity (Wildman–Crippen MR) is 30.1 cm³/mol. The summed E-state index contributed by atoms with van der Waals surface area (Å²) < 4.78 is 4.44. The van der Waals surface area contributed by atoms with Crippen LogP contribution < -0.4 is 0 Å². The minimum absolute atomic E-state index is 0.949. The zero-order valence-electron chi connectivity index (χ0n) is 4.27. The summed E-state index contributed by atoms with van der Waals surface area (Å²) in [7, 11) is 0.949. The van der Waals surface area contributed by atoms with Gasteiger partial charge in [-0.15, -0.1) is 0 Å². The standard InChI is InChI=1S/C2H6BO4S/c1-8-7-3-2(4)6-5/h2,4-5H,1H3. The van der Waals surface area contributed by atoms with E-state index in [0.717, 1.165) is 19.5 Å². The number of hydrogen-bond acceptors (Lipinski definition) is 5. The molecular formula is C2H6BO4S. The lowest BCUT2D eigenvalue weighted by atomic mass is 10.0. The van der Waals surface area contributed by atoms with Gasteiger partial charge in [-0.2, -0.15) is 0 Å². The first-order chi connectivity index (χ1) is 3.81. The third-order valence-electron chi connectivity index (χ3n) is 0.376. The van der Waals surface area contributed by atoms with E-state index in [1.54, 1.807) is 6.26 Å². The average molecular weight is 137 g/mol. The highest BCUT2D eigenvalue weighted by atomic mass is 32.2. The van der Waals surface area contributed by atoms with E-state index in [-0.39, 0.29) is 0 Å². The van der Waals surface area contributed by atoms with Gasteiger partial charge >= 0.3 is 7.48 Å². The van der Waals surface area contributed by atoms with Crippen molar-refractivity contribution in [3.63, 3.8) is 0 Å². The third-order valence-corrected chi connectivity index (χ3v) is 0.680. The normalized spacial score (nSPS) is 13.4. The van der Waals surface area contributed by atoms with E-state index in [0.29, 0.717) is 0 Å². The Morgan fingerprint density at radius 2 is 2.38 bits per heavy atom. The molecule has 0 saturated carbocycles. The summed E-state index contributed by atoms with van der Waals surface area (Å²) in [4.78, 5) is 3.41. The second-order valence-electron chi connectivity index (χ2n) is 0.895. The molecule has 0 heterocycles. The molecule has 4 nitrogen and oxygen atoms in total.